The highest BCUT2D eigenvalue weighted by atomic mass is 16.5. The summed E-state index contributed by atoms with van der Waals surface area (Å²) in [6, 6.07) is 6.00. The Kier molecular flexibility index (Phi) is 4.15. The lowest BCUT2D eigenvalue weighted by Gasteiger charge is -2.20. The Hall–Kier alpha value is -1.48. The first kappa shape index (κ1) is 13.9. The van der Waals surface area contributed by atoms with Gasteiger partial charge in [0.2, 0.25) is 0 Å². The van der Waals surface area contributed by atoms with Crippen LogP contribution >= 0.6 is 0 Å². The molecular weight excluding hydrogens is 238 g/mol. The van der Waals surface area contributed by atoms with E-state index >= 15 is 0 Å². The van der Waals surface area contributed by atoms with Crippen molar-refractivity contribution in [3.63, 3.8) is 0 Å². The molecule has 0 saturated heterocycles. The molecule has 0 aliphatic rings. The first-order valence-electron chi connectivity index (χ1n) is 6.87. The van der Waals surface area contributed by atoms with Crippen LogP contribution in [0.15, 0.2) is 28.9 Å². The van der Waals surface area contributed by atoms with Crippen LogP contribution in [0.5, 0.6) is 5.75 Å². The Balaban J connectivity index is 2.19. The largest absolute Gasteiger partial charge is 0.494 e. The molecule has 1 aromatic heterocycles. The quantitative estimate of drug-likeness (QED) is 0.879. The Labute approximate surface area is 114 Å². The van der Waals surface area contributed by atoms with Crippen LogP contribution in [0.1, 0.15) is 39.7 Å². The SMILES string of the molecule is CCCOc1ccc2occ(CNC(C)(C)C)c2c1. The van der Waals surface area contributed by atoms with Gasteiger partial charge < -0.3 is 14.5 Å². The average Bonchev–Trinajstić information content (AvgIpc) is 2.75. The summed E-state index contributed by atoms with van der Waals surface area (Å²) < 4.78 is 11.2. The lowest BCUT2D eigenvalue weighted by atomic mass is 10.1. The maximum Gasteiger partial charge on any atom is 0.134 e. The van der Waals surface area contributed by atoms with E-state index in [1.165, 1.54) is 5.56 Å². The van der Waals surface area contributed by atoms with Gasteiger partial charge in [-0.1, -0.05) is 6.92 Å². The third kappa shape index (κ3) is 3.74. The van der Waals surface area contributed by atoms with Crippen LogP contribution in [-0.2, 0) is 6.54 Å². The van der Waals surface area contributed by atoms with E-state index in [0.29, 0.717) is 0 Å². The Morgan fingerprint density at radius 3 is 2.74 bits per heavy atom. The Morgan fingerprint density at radius 1 is 1.26 bits per heavy atom. The van der Waals surface area contributed by atoms with Gasteiger partial charge in [0.25, 0.3) is 0 Å². The minimum atomic E-state index is 0.0971. The van der Waals surface area contributed by atoms with Gasteiger partial charge >= 0.3 is 0 Å². The average molecular weight is 261 g/mol. The van der Waals surface area contributed by atoms with Gasteiger partial charge in [0.15, 0.2) is 0 Å². The summed E-state index contributed by atoms with van der Waals surface area (Å²) >= 11 is 0. The van der Waals surface area contributed by atoms with Crippen molar-refractivity contribution in [2.24, 2.45) is 0 Å². The number of nitrogens with one attached hydrogen (secondary N) is 1. The van der Waals surface area contributed by atoms with Gasteiger partial charge in [-0.15, -0.1) is 0 Å². The number of hydrogen-bond donors (Lipinski definition) is 1. The van der Waals surface area contributed by atoms with Crippen molar-refractivity contribution >= 4 is 11.0 Å². The highest BCUT2D eigenvalue weighted by molar-refractivity contribution is 5.82. The van der Waals surface area contributed by atoms with Crippen molar-refractivity contribution in [1.29, 1.82) is 0 Å². The van der Waals surface area contributed by atoms with Crippen molar-refractivity contribution < 1.29 is 9.15 Å². The summed E-state index contributed by atoms with van der Waals surface area (Å²) in [7, 11) is 0. The first-order chi connectivity index (χ1) is 8.99. The highest BCUT2D eigenvalue weighted by Gasteiger charge is 2.12. The second-order valence-corrected chi connectivity index (χ2v) is 5.87. The number of hydrogen-bond acceptors (Lipinski definition) is 3. The molecule has 2 rings (SSSR count). The maximum absolute atomic E-state index is 5.67. The van der Waals surface area contributed by atoms with Crippen LogP contribution in [0.2, 0.25) is 0 Å². The molecule has 1 aromatic carbocycles. The normalized spacial score (nSPS) is 12.0. The summed E-state index contributed by atoms with van der Waals surface area (Å²) in [6.45, 7) is 10.1. The van der Waals surface area contributed by atoms with Gasteiger partial charge in [-0.05, 0) is 45.4 Å². The van der Waals surface area contributed by atoms with Gasteiger partial charge in [-0.3, -0.25) is 0 Å². The first-order valence-corrected chi connectivity index (χ1v) is 6.87. The van der Waals surface area contributed by atoms with Crippen LogP contribution in [-0.4, -0.2) is 12.1 Å². The molecule has 0 spiro atoms. The Morgan fingerprint density at radius 2 is 2.05 bits per heavy atom. The number of benzene rings is 1. The monoisotopic (exact) mass is 261 g/mol. The van der Waals surface area contributed by atoms with Gasteiger partial charge in [-0.25, -0.2) is 0 Å². The summed E-state index contributed by atoms with van der Waals surface area (Å²) in [6.07, 6.45) is 2.84. The predicted molar refractivity (Wildman–Crippen MR) is 78.6 cm³/mol. The van der Waals surface area contributed by atoms with Crippen LogP contribution in [0, 0.1) is 0 Å². The zero-order valence-electron chi connectivity index (χ0n) is 12.2. The molecule has 0 aliphatic carbocycles. The molecule has 0 fully saturated rings. The zero-order valence-corrected chi connectivity index (χ0v) is 12.2. The second kappa shape index (κ2) is 5.66. The molecule has 19 heavy (non-hydrogen) atoms. The molecule has 104 valence electrons. The minimum absolute atomic E-state index is 0.0971. The number of rotatable bonds is 5. The number of furan rings is 1. The summed E-state index contributed by atoms with van der Waals surface area (Å²) in [5, 5.41) is 4.61. The maximum atomic E-state index is 5.67. The van der Waals surface area contributed by atoms with E-state index in [-0.39, 0.29) is 5.54 Å². The predicted octanol–water partition coefficient (Wildman–Crippen LogP) is 4.11. The van der Waals surface area contributed by atoms with Gasteiger partial charge in [-0.2, -0.15) is 0 Å². The third-order valence-electron chi connectivity index (χ3n) is 2.91. The van der Waals surface area contributed by atoms with E-state index in [2.05, 4.69) is 39.1 Å². The fraction of sp³-hybridized carbons (Fsp3) is 0.500. The molecule has 0 amide bonds. The van der Waals surface area contributed by atoms with E-state index in [4.69, 9.17) is 9.15 Å². The Bertz CT molecular complexity index is 537. The van der Waals surface area contributed by atoms with Crippen molar-refractivity contribution in [3.05, 3.63) is 30.0 Å². The fourth-order valence-corrected chi connectivity index (χ4v) is 1.87. The van der Waals surface area contributed by atoms with Gasteiger partial charge in [0, 0.05) is 23.0 Å². The smallest absolute Gasteiger partial charge is 0.134 e. The van der Waals surface area contributed by atoms with Crippen molar-refractivity contribution in [2.45, 2.75) is 46.2 Å². The molecule has 0 atom stereocenters. The number of fused-ring (bicyclic) bond motifs is 1. The second-order valence-electron chi connectivity index (χ2n) is 5.87. The minimum Gasteiger partial charge on any atom is -0.494 e. The topological polar surface area (TPSA) is 34.4 Å². The van der Waals surface area contributed by atoms with Gasteiger partial charge in [0.1, 0.15) is 11.3 Å². The van der Waals surface area contributed by atoms with E-state index in [0.717, 1.165) is 36.3 Å². The van der Waals surface area contributed by atoms with E-state index in [1.54, 1.807) is 0 Å². The van der Waals surface area contributed by atoms with E-state index in [9.17, 15) is 0 Å². The molecule has 0 radical (unpaired) electrons. The van der Waals surface area contributed by atoms with Crippen LogP contribution in [0.25, 0.3) is 11.0 Å². The number of ether oxygens (including phenoxy) is 1. The molecule has 1 N–H and O–H groups in total. The van der Waals surface area contributed by atoms with Crippen molar-refractivity contribution in [1.82, 2.24) is 5.32 Å². The highest BCUT2D eigenvalue weighted by Crippen LogP contribution is 2.26. The molecular formula is C16H23NO2. The fourth-order valence-electron chi connectivity index (χ4n) is 1.87. The standard InChI is InChI=1S/C16H23NO2/c1-5-8-18-13-6-7-15-14(9-13)12(11-19-15)10-17-16(2,3)4/h6-7,9,11,17H,5,8,10H2,1-4H3. The molecule has 0 unspecified atom stereocenters. The lowest BCUT2D eigenvalue weighted by Crippen LogP contribution is -2.34. The molecule has 1 heterocycles. The van der Waals surface area contributed by atoms with Crippen LogP contribution in [0.4, 0.5) is 0 Å². The lowest BCUT2D eigenvalue weighted by molar-refractivity contribution is 0.318. The molecule has 3 heteroatoms. The van der Waals surface area contributed by atoms with E-state index < -0.39 is 0 Å². The molecule has 3 nitrogen and oxygen atoms in total. The summed E-state index contributed by atoms with van der Waals surface area (Å²) in [5.74, 6) is 0.910. The molecule has 0 bridgehead atoms. The summed E-state index contributed by atoms with van der Waals surface area (Å²) in [5.41, 5.74) is 2.18. The zero-order chi connectivity index (χ0) is 13.9. The van der Waals surface area contributed by atoms with Gasteiger partial charge in [0.05, 0.1) is 12.9 Å². The van der Waals surface area contributed by atoms with Crippen LogP contribution < -0.4 is 10.1 Å². The van der Waals surface area contributed by atoms with Crippen LogP contribution in [0.3, 0.4) is 0 Å². The summed E-state index contributed by atoms with van der Waals surface area (Å²) in [4.78, 5) is 0. The third-order valence-corrected chi connectivity index (χ3v) is 2.91. The molecule has 2 aromatic rings. The van der Waals surface area contributed by atoms with Crippen molar-refractivity contribution in [3.8, 4) is 5.75 Å². The van der Waals surface area contributed by atoms with Crippen molar-refractivity contribution in [2.75, 3.05) is 6.61 Å². The van der Waals surface area contributed by atoms with E-state index in [1.807, 2.05) is 18.4 Å². The molecule has 0 saturated carbocycles. The molecule has 0 aliphatic heterocycles.